The lowest BCUT2D eigenvalue weighted by molar-refractivity contribution is 0.424. The van der Waals surface area contributed by atoms with Crippen LogP contribution in [-0.4, -0.2) is 0 Å². The van der Waals surface area contributed by atoms with Gasteiger partial charge < -0.3 is 0 Å². The Bertz CT molecular complexity index is 115. The van der Waals surface area contributed by atoms with Gasteiger partial charge in [0.1, 0.15) is 0 Å². The Morgan fingerprint density at radius 3 is 2.21 bits per heavy atom. The topological polar surface area (TPSA) is 0 Å². The van der Waals surface area contributed by atoms with Crippen LogP contribution in [0.1, 0.15) is 71.6 Å². The molecule has 0 aliphatic heterocycles. The van der Waals surface area contributed by atoms with E-state index in [0.717, 1.165) is 5.92 Å². The summed E-state index contributed by atoms with van der Waals surface area (Å²) in [6.07, 6.45) is 14.5. The van der Waals surface area contributed by atoms with Crippen LogP contribution >= 0.6 is 0 Å². The lowest BCUT2D eigenvalue weighted by atomic mass is 9.93. The molecule has 0 aliphatic rings. The number of hydrogen-bond donors (Lipinski definition) is 0. The molecule has 0 saturated carbocycles. The normalized spacial score (nSPS) is 12.7. The Balaban J connectivity index is 3.35. The summed E-state index contributed by atoms with van der Waals surface area (Å²) in [5, 5.41) is 0. The first-order valence-corrected chi connectivity index (χ1v) is 6.46. The van der Waals surface area contributed by atoms with Gasteiger partial charge in [-0.05, 0) is 12.3 Å². The van der Waals surface area contributed by atoms with E-state index in [-0.39, 0.29) is 0 Å². The third kappa shape index (κ3) is 8.34. The molecule has 0 fully saturated rings. The Labute approximate surface area is 90.8 Å². The maximum atomic E-state index is 3.84. The Kier molecular flexibility index (Phi) is 10.6. The second-order valence-electron chi connectivity index (χ2n) is 4.38. The molecule has 0 rings (SSSR count). The zero-order valence-electron chi connectivity index (χ0n) is 10.2. The van der Waals surface area contributed by atoms with Gasteiger partial charge in [-0.1, -0.05) is 71.3 Å². The number of hydrogen-bond acceptors (Lipinski definition) is 0. The minimum Gasteiger partial charge on any atom is -0.103 e. The lowest BCUT2D eigenvalue weighted by Crippen LogP contribution is -1.98. The summed E-state index contributed by atoms with van der Waals surface area (Å²) in [4.78, 5) is 0. The van der Waals surface area contributed by atoms with Crippen LogP contribution in [0.5, 0.6) is 0 Å². The van der Waals surface area contributed by atoms with Crippen molar-refractivity contribution in [1.82, 2.24) is 0 Å². The molecule has 0 heteroatoms. The molecule has 0 aromatic heterocycles. The largest absolute Gasteiger partial charge is 0.103 e. The van der Waals surface area contributed by atoms with Crippen LogP contribution in [0.3, 0.4) is 0 Å². The molecule has 0 nitrogen and oxygen atoms in total. The Morgan fingerprint density at radius 2 is 1.64 bits per heavy atom. The van der Waals surface area contributed by atoms with E-state index in [0.29, 0.717) is 0 Å². The molecule has 0 aromatic carbocycles. The highest BCUT2D eigenvalue weighted by Crippen LogP contribution is 2.19. The summed E-state index contributed by atoms with van der Waals surface area (Å²) in [5.41, 5.74) is 0. The van der Waals surface area contributed by atoms with Gasteiger partial charge in [0.2, 0.25) is 0 Å². The first kappa shape index (κ1) is 13.7. The minimum absolute atomic E-state index is 0.916. The molecular weight excluding hydrogens is 168 g/mol. The maximum Gasteiger partial charge on any atom is -0.0325 e. The highest BCUT2D eigenvalue weighted by molar-refractivity contribution is 4.72. The van der Waals surface area contributed by atoms with Crippen molar-refractivity contribution in [1.29, 1.82) is 0 Å². The predicted molar refractivity (Wildman–Crippen MR) is 66.6 cm³/mol. The van der Waals surface area contributed by atoms with Crippen LogP contribution < -0.4 is 0 Å². The van der Waals surface area contributed by atoms with Crippen LogP contribution in [0, 0.1) is 5.92 Å². The van der Waals surface area contributed by atoms with Gasteiger partial charge in [-0.3, -0.25) is 0 Å². The third-order valence-corrected chi connectivity index (χ3v) is 2.91. The van der Waals surface area contributed by atoms with Crippen molar-refractivity contribution in [2.45, 2.75) is 71.6 Å². The Morgan fingerprint density at radius 1 is 0.929 bits per heavy atom. The van der Waals surface area contributed by atoms with E-state index in [1.54, 1.807) is 0 Å². The van der Waals surface area contributed by atoms with Gasteiger partial charge in [0.05, 0.1) is 0 Å². The summed E-state index contributed by atoms with van der Waals surface area (Å²) in [6.45, 7) is 8.40. The first-order valence-electron chi connectivity index (χ1n) is 6.46. The minimum atomic E-state index is 0.916. The fourth-order valence-corrected chi connectivity index (χ4v) is 2.06. The molecule has 1 atom stereocenters. The molecule has 0 saturated heterocycles. The molecule has 84 valence electrons. The summed E-state index contributed by atoms with van der Waals surface area (Å²) < 4.78 is 0. The smallest absolute Gasteiger partial charge is 0.0325 e. The highest BCUT2D eigenvalue weighted by Gasteiger charge is 2.04. The summed E-state index contributed by atoms with van der Waals surface area (Å²) in [6, 6.07) is 0. The molecule has 0 heterocycles. The third-order valence-electron chi connectivity index (χ3n) is 2.91. The molecule has 0 bridgehead atoms. The molecule has 0 aromatic rings. The molecular formula is C14H28. The number of rotatable bonds is 10. The van der Waals surface area contributed by atoms with Crippen molar-refractivity contribution in [2.24, 2.45) is 5.92 Å². The van der Waals surface area contributed by atoms with Crippen molar-refractivity contribution < 1.29 is 0 Å². The van der Waals surface area contributed by atoms with Crippen LogP contribution in [0.2, 0.25) is 0 Å². The van der Waals surface area contributed by atoms with Gasteiger partial charge in [-0.25, -0.2) is 0 Å². The Hall–Kier alpha value is -0.260. The highest BCUT2D eigenvalue weighted by atomic mass is 14.1. The molecule has 1 unspecified atom stereocenters. The first-order chi connectivity index (χ1) is 6.85. The van der Waals surface area contributed by atoms with Gasteiger partial charge in [-0.2, -0.15) is 0 Å². The van der Waals surface area contributed by atoms with Crippen LogP contribution in [0.4, 0.5) is 0 Å². The van der Waals surface area contributed by atoms with Gasteiger partial charge in [0.15, 0.2) is 0 Å². The van der Waals surface area contributed by atoms with E-state index in [1.807, 2.05) is 0 Å². The molecule has 0 N–H and O–H groups in total. The van der Waals surface area contributed by atoms with Crippen molar-refractivity contribution in [2.75, 3.05) is 0 Å². The van der Waals surface area contributed by atoms with Crippen molar-refractivity contribution in [3.8, 4) is 0 Å². The van der Waals surface area contributed by atoms with E-state index < -0.39 is 0 Å². The standard InChI is InChI=1S/C14H28/c1-4-7-8-9-10-13-14(11-5-2)12-6-3/h5,14H,2,4,6-13H2,1,3H3. The van der Waals surface area contributed by atoms with Crippen LogP contribution in [0.25, 0.3) is 0 Å². The van der Waals surface area contributed by atoms with E-state index in [9.17, 15) is 0 Å². The van der Waals surface area contributed by atoms with E-state index in [4.69, 9.17) is 0 Å². The fourth-order valence-electron chi connectivity index (χ4n) is 2.06. The number of allylic oxidation sites excluding steroid dienone is 1. The fraction of sp³-hybridized carbons (Fsp3) is 0.857. The van der Waals surface area contributed by atoms with Crippen LogP contribution in [-0.2, 0) is 0 Å². The van der Waals surface area contributed by atoms with Crippen molar-refractivity contribution >= 4 is 0 Å². The van der Waals surface area contributed by atoms with E-state index in [1.165, 1.54) is 57.8 Å². The second-order valence-corrected chi connectivity index (χ2v) is 4.38. The predicted octanol–water partition coefficient (Wildman–Crippen LogP) is 5.34. The molecule has 0 aliphatic carbocycles. The number of unbranched alkanes of at least 4 members (excludes halogenated alkanes) is 4. The van der Waals surface area contributed by atoms with Crippen molar-refractivity contribution in [3.63, 3.8) is 0 Å². The summed E-state index contributed by atoms with van der Waals surface area (Å²) in [5.74, 6) is 0.916. The van der Waals surface area contributed by atoms with Gasteiger partial charge in [-0.15, -0.1) is 6.58 Å². The summed E-state index contributed by atoms with van der Waals surface area (Å²) in [7, 11) is 0. The SMILES string of the molecule is C=CCC(CCC)CCCCCCC. The zero-order valence-corrected chi connectivity index (χ0v) is 10.2. The van der Waals surface area contributed by atoms with Crippen LogP contribution in [0.15, 0.2) is 12.7 Å². The molecule has 14 heavy (non-hydrogen) atoms. The zero-order chi connectivity index (χ0) is 10.6. The summed E-state index contributed by atoms with van der Waals surface area (Å²) >= 11 is 0. The molecule has 0 radical (unpaired) electrons. The quantitative estimate of drug-likeness (QED) is 0.327. The van der Waals surface area contributed by atoms with Gasteiger partial charge in [0, 0.05) is 0 Å². The van der Waals surface area contributed by atoms with Gasteiger partial charge in [0.25, 0.3) is 0 Å². The molecule has 0 amide bonds. The lowest BCUT2D eigenvalue weighted by Gasteiger charge is -2.13. The second kappa shape index (κ2) is 10.8. The average Bonchev–Trinajstić information content (AvgIpc) is 2.18. The van der Waals surface area contributed by atoms with Crippen molar-refractivity contribution in [3.05, 3.63) is 12.7 Å². The van der Waals surface area contributed by atoms with E-state index >= 15 is 0 Å². The molecule has 0 spiro atoms. The van der Waals surface area contributed by atoms with Gasteiger partial charge >= 0.3 is 0 Å². The average molecular weight is 196 g/mol. The monoisotopic (exact) mass is 196 g/mol. The van der Waals surface area contributed by atoms with E-state index in [2.05, 4.69) is 26.5 Å². The maximum absolute atomic E-state index is 3.84.